The molecule has 0 amide bonds. The monoisotopic (exact) mass is 275 g/mol. The van der Waals surface area contributed by atoms with Gasteiger partial charge in [-0.15, -0.1) is 0 Å². The van der Waals surface area contributed by atoms with Crippen LogP contribution in [0.25, 0.3) is 0 Å². The van der Waals surface area contributed by atoms with Gasteiger partial charge in [0, 0.05) is 0 Å². The number of nitrogens with zero attached hydrogens (tertiary/aromatic N) is 3. The van der Waals surface area contributed by atoms with Gasteiger partial charge >= 0.3 is 5.69 Å². The van der Waals surface area contributed by atoms with Crippen molar-refractivity contribution < 1.29 is 17.9 Å². The number of aromatic nitrogens is 2. The van der Waals surface area contributed by atoms with Crippen LogP contribution in [0.1, 0.15) is 24.6 Å². The van der Waals surface area contributed by atoms with Crippen LogP contribution in [0.2, 0.25) is 0 Å². The molecule has 0 atom stereocenters. The van der Waals surface area contributed by atoms with Gasteiger partial charge in [-0.3, -0.25) is 19.3 Å². The average Bonchev–Trinajstić information content (AvgIpc) is 2.51. The van der Waals surface area contributed by atoms with E-state index in [4.69, 9.17) is 4.55 Å². The van der Waals surface area contributed by atoms with E-state index >= 15 is 0 Å². The Hall–Kier alpha value is -1.48. The van der Waals surface area contributed by atoms with E-state index in [1.54, 1.807) is 11.6 Å². The highest BCUT2D eigenvalue weighted by atomic mass is 32.2. The van der Waals surface area contributed by atoms with Gasteiger partial charge in [0.2, 0.25) is 0 Å². The zero-order chi connectivity index (χ0) is 13.5. The van der Waals surface area contributed by atoms with Crippen LogP contribution in [0.5, 0.6) is 0 Å². The molecule has 1 saturated carbocycles. The molecule has 8 nitrogen and oxygen atoms in total. The Morgan fingerprint density at radius 2 is 2.22 bits per heavy atom. The molecule has 0 saturated heterocycles. The van der Waals surface area contributed by atoms with Crippen molar-refractivity contribution in [3.63, 3.8) is 0 Å². The maximum Gasteiger partial charge on any atom is 0.309 e. The lowest BCUT2D eigenvalue weighted by Crippen LogP contribution is -2.32. The smallest absolute Gasteiger partial charge is 0.286 e. The first-order chi connectivity index (χ1) is 8.28. The molecule has 1 fully saturated rings. The topological polar surface area (TPSA) is 115 Å². The van der Waals surface area contributed by atoms with Crippen LogP contribution in [0, 0.1) is 23.0 Å². The second kappa shape index (κ2) is 4.32. The van der Waals surface area contributed by atoms with Crippen LogP contribution in [0.3, 0.4) is 0 Å². The van der Waals surface area contributed by atoms with Crippen molar-refractivity contribution in [2.24, 2.45) is 5.92 Å². The zero-order valence-corrected chi connectivity index (χ0v) is 10.5. The summed E-state index contributed by atoms with van der Waals surface area (Å²) in [6.45, 7) is 1.61. The molecule has 9 heteroatoms. The first-order valence-electron chi connectivity index (χ1n) is 5.41. The summed E-state index contributed by atoms with van der Waals surface area (Å²) in [5, 5.41) is 14.6. The molecule has 2 rings (SSSR count). The second-order valence-corrected chi connectivity index (χ2v) is 6.05. The lowest BCUT2D eigenvalue weighted by Gasteiger charge is -2.35. The fourth-order valence-corrected chi connectivity index (χ4v) is 3.16. The van der Waals surface area contributed by atoms with Gasteiger partial charge in [0.15, 0.2) is 0 Å². The number of hydrogen-bond acceptors (Lipinski definition) is 5. The molecule has 0 radical (unpaired) electrons. The fraction of sp³-hybridized carbons (Fsp3) is 0.667. The van der Waals surface area contributed by atoms with Gasteiger partial charge in [-0.1, -0.05) is 0 Å². The second-order valence-electron chi connectivity index (χ2n) is 4.56. The molecule has 0 aliphatic heterocycles. The normalized spacial score (nSPS) is 23.7. The van der Waals surface area contributed by atoms with Crippen molar-refractivity contribution in [1.29, 1.82) is 0 Å². The number of rotatable bonds is 4. The molecule has 0 bridgehead atoms. The van der Waals surface area contributed by atoms with Crippen LogP contribution in [-0.2, 0) is 10.1 Å². The molecule has 100 valence electrons. The van der Waals surface area contributed by atoms with E-state index in [1.807, 2.05) is 0 Å². The van der Waals surface area contributed by atoms with Crippen molar-refractivity contribution in [3.05, 3.63) is 22.0 Å². The Balaban J connectivity index is 2.03. The first-order valence-corrected chi connectivity index (χ1v) is 7.02. The zero-order valence-electron chi connectivity index (χ0n) is 9.68. The summed E-state index contributed by atoms with van der Waals surface area (Å²) in [6.07, 6.45) is 2.31. The number of nitro groups is 1. The van der Waals surface area contributed by atoms with Gasteiger partial charge in [0.1, 0.15) is 11.9 Å². The summed E-state index contributed by atoms with van der Waals surface area (Å²) >= 11 is 0. The van der Waals surface area contributed by atoms with Crippen molar-refractivity contribution in [3.8, 4) is 0 Å². The van der Waals surface area contributed by atoms with Crippen molar-refractivity contribution >= 4 is 15.8 Å². The van der Waals surface area contributed by atoms with E-state index in [9.17, 15) is 18.5 Å². The van der Waals surface area contributed by atoms with Gasteiger partial charge in [-0.05, 0) is 25.7 Å². The van der Waals surface area contributed by atoms with Gasteiger partial charge in [0.05, 0.1) is 16.7 Å². The van der Waals surface area contributed by atoms with Crippen molar-refractivity contribution in [2.45, 2.75) is 25.8 Å². The first kappa shape index (κ1) is 13.0. The summed E-state index contributed by atoms with van der Waals surface area (Å²) in [6, 6.07) is -0.0227. The summed E-state index contributed by atoms with van der Waals surface area (Å²) in [4.78, 5) is 10.2. The quantitative estimate of drug-likeness (QED) is 0.496. The molecule has 0 spiro atoms. The van der Waals surface area contributed by atoms with Gasteiger partial charge < -0.3 is 0 Å². The van der Waals surface area contributed by atoms with E-state index in [0.717, 1.165) is 0 Å². The predicted octanol–water partition coefficient (Wildman–Crippen LogP) is 0.939. The Morgan fingerprint density at radius 3 is 2.67 bits per heavy atom. The molecular formula is C9H13N3O5S. The minimum atomic E-state index is -3.95. The molecule has 1 aliphatic carbocycles. The van der Waals surface area contributed by atoms with Gasteiger partial charge in [-0.2, -0.15) is 13.5 Å². The molecule has 0 unspecified atom stereocenters. The third-order valence-corrected chi connectivity index (χ3v) is 4.11. The highest BCUT2D eigenvalue weighted by Gasteiger charge is 2.35. The van der Waals surface area contributed by atoms with Gasteiger partial charge in [0.25, 0.3) is 10.1 Å². The van der Waals surface area contributed by atoms with Crippen LogP contribution < -0.4 is 0 Å². The molecule has 0 aromatic carbocycles. The minimum Gasteiger partial charge on any atom is -0.286 e. The van der Waals surface area contributed by atoms with E-state index in [0.29, 0.717) is 18.5 Å². The lowest BCUT2D eigenvalue weighted by molar-refractivity contribution is -0.385. The maximum absolute atomic E-state index is 10.7. The predicted molar refractivity (Wildman–Crippen MR) is 61.8 cm³/mol. The molecule has 18 heavy (non-hydrogen) atoms. The molecular weight excluding hydrogens is 262 g/mol. The van der Waals surface area contributed by atoms with E-state index < -0.39 is 15.0 Å². The van der Waals surface area contributed by atoms with Crippen LogP contribution >= 0.6 is 0 Å². The summed E-state index contributed by atoms with van der Waals surface area (Å²) in [5.74, 6) is -0.362. The summed E-state index contributed by atoms with van der Waals surface area (Å²) in [7, 11) is -3.95. The van der Waals surface area contributed by atoms with E-state index in [1.165, 1.54) is 6.20 Å². The Bertz CT molecular complexity index is 573. The molecule has 1 heterocycles. The Kier molecular flexibility index (Phi) is 3.11. The SMILES string of the molecule is Cc1c([N+](=O)[O-])cnn1C1CC(CS(=O)(=O)O)C1. The van der Waals surface area contributed by atoms with Crippen molar-refractivity contribution in [2.75, 3.05) is 5.75 Å². The summed E-state index contributed by atoms with van der Waals surface area (Å²) in [5.41, 5.74) is 0.434. The Morgan fingerprint density at radius 1 is 1.61 bits per heavy atom. The van der Waals surface area contributed by atoms with Crippen molar-refractivity contribution in [1.82, 2.24) is 9.78 Å². The highest BCUT2D eigenvalue weighted by Crippen LogP contribution is 2.39. The fourth-order valence-electron chi connectivity index (χ4n) is 2.30. The minimum absolute atomic E-state index is 0.0227. The highest BCUT2D eigenvalue weighted by molar-refractivity contribution is 7.85. The largest absolute Gasteiger partial charge is 0.309 e. The lowest BCUT2D eigenvalue weighted by atomic mass is 9.81. The standard InChI is InChI=1S/C9H13N3O5S/c1-6-9(12(13)14)4-10-11(6)8-2-7(3-8)5-18(15,16)17/h4,7-8H,2-3,5H2,1H3,(H,15,16,17). The average molecular weight is 275 g/mol. The van der Waals surface area contributed by atoms with Crippen LogP contribution in [0.4, 0.5) is 5.69 Å². The third-order valence-electron chi connectivity index (χ3n) is 3.22. The maximum atomic E-state index is 10.7. The number of hydrogen-bond donors (Lipinski definition) is 1. The third kappa shape index (κ3) is 2.51. The van der Waals surface area contributed by atoms with Crippen LogP contribution in [0.15, 0.2) is 6.20 Å². The van der Waals surface area contributed by atoms with Crippen LogP contribution in [-0.4, -0.2) is 33.4 Å². The summed E-state index contributed by atoms with van der Waals surface area (Å²) < 4.78 is 31.6. The van der Waals surface area contributed by atoms with E-state index in [-0.39, 0.29) is 23.4 Å². The molecule has 1 N–H and O–H groups in total. The Labute approximate surface area is 104 Å². The molecule has 1 aliphatic rings. The van der Waals surface area contributed by atoms with Gasteiger partial charge in [-0.25, -0.2) is 0 Å². The van der Waals surface area contributed by atoms with E-state index in [2.05, 4.69) is 5.10 Å². The molecule has 1 aromatic rings. The molecule has 1 aromatic heterocycles.